The van der Waals surface area contributed by atoms with Gasteiger partial charge in [-0.05, 0) is 29.2 Å². The molecule has 3 N–H and O–H groups in total. The van der Waals surface area contributed by atoms with Gasteiger partial charge in [0.2, 0.25) is 0 Å². The lowest BCUT2D eigenvalue weighted by Gasteiger charge is -2.24. The van der Waals surface area contributed by atoms with E-state index in [1.165, 1.54) is 6.07 Å². The zero-order valence-electron chi connectivity index (χ0n) is 11.5. The van der Waals surface area contributed by atoms with Gasteiger partial charge in [0, 0.05) is 5.69 Å². The first-order valence-electron chi connectivity index (χ1n) is 6.30. The molecule has 0 bridgehead atoms. The second-order valence-electron chi connectivity index (χ2n) is 5.62. The summed E-state index contributed by atoms with van der Waals surface area (Å²) < 4.78 is 13.8. The molecule has 2 aromatic carbocycles. The van der Waals surface area contributed by atoms with Gasteiger partial charge in [-0.15, -0.1) is 0 Å². The van der Waals surface area contributed by atoms with Crippen LogP contribution in [0.2, 0.25) is 0 Å². The van der Waals surface area contributed by atoms with Crippen LogP contribution in [0.25, 0.3) is 0 Å². The Morgan fingerprint density at radius 2 is 1.68 bits per heavy atom. The van der Waals surface area contributed by atoms with E-state index in [4.69, 9.17) is 5.73 Å². The summed E-state index contributed by atoms with van der Waals surface area (Å²) in [5.41, 5.74) is 8.54. The smallest absolute Gasteiger partial charge is 0.148 e. The highest BCUT2D eigenvalue weighted by atomic mass is 19.1. The summed E-state index contributed by atoms with van der Waals surface area (Å²) in [5.74, 6) is -0.344. The minimum atomic E-state index is -0.344. The highest BCUT2D eigenvalue weighted by Gasteiger charge is 2.18. The lowest BCUT2D eigenvalue weighted by Crippen LogP contribution is -2.14. The Bertz CT molecular complexity index is 565. The van der Waals surface area contributed by atoms with E-state index >= 15 is 0 Å². The maximum absolute atomic E-state index is 13.8. The SMILES string of the molecule is CC(C)(C)c1ccccc1Nc1c(N)cccc1F. The van der Waals surface area contributed by atoms with E-state index in [-0.39, 0.29) is 11.2 Å². The zero-order chi connectivity index (χ0) is 14.0. The molecule has 0 aromatic heterocycles. The lowest BCUT2D eigenvalue weighted by atomic mass is 9.86. The first-order chi connectivity index (χ1) is 8.89. The summed E-state index contributed by atoms with van der Waals surface area (Å²) in [6, 6.07) is 12.6. The molecule has 0 spiro atoms. The second kappa shape index (κ2) is 4.92. The van der Waals surface area contributed by atoms with Crippen LogP contribution in [0.15, 0.2) is 42.5 Å². The summed E-state index contributed by atoms with van der Waals surface area (Å²) >= 11 is 0. The van der Waals surface area contributed by atoms with Crippen LogP contribution in [-0.2, 0) is 5.41 Å². The van der Waals surface area contributed by atoms with Gasteiger partial charge in [-0.2, -0.15) is 0 Å². The van der Waals surface area contributed by atoms with E-state index in [9.17, 15) is 4.39 Å². The van der Waals surface area contributed by atoms with E-state index in [1.807, 2.05) is 24.3 Å². The Kier molecular flexibility index (Phi) is 3.47. The average molecular weight is 258 g/mol. The van der Waals surface area contributed by atoms with Crippen LogP contribution in [0, 0.1) is 5.82 Å². The molecule has 0 aliphatic heterocycles. The number of benzene rings is 2. The minimum Gasteiger partial charge on any atom is -0.397 e. The predicted octanol–water partition coefficient (Wildman–Crippen LogP) is 4.45. The summed E-state index contributed by atoms with van der Waals surface area (Å²) in [7, 11) is 0. The molecule has 0 aliphatic carbocycles. The number of nitrogens with one attached hydrogen (secondary N) is 1. The van der Waals surface area contributed by atoms with Crippen molar-refractivity contribution in [3.8, 4) is 0 Å². The van der Waals surface area contributed by atoms with Crippen molar-refractivity contribution in [2.45, 2.75) is 26.2 Å². The number of hydrogen-bond acceptors (Lipinski definition) is 2. The van der Waals surface area contributed by atoms with Crippen LogP contribution in [0.4, 0.5) is 21.5 Å². The van der Waals surface area contributed by atoms with E-state index in [1.54, 1.807) is 12.1 Å². The van der Waals surface area contributed by atoms with Crippen molar-refractivity contribution in [3.63, 3.8) is 0 Å². The van der Waals surface area contributed by atoms with Crippen molar-refractivity contribution in [2.75, 3.05) is 11.1 Å². The van der Waals surface area contributed by atoms with Crippen molar-refractivity contribution in [2.24, 2.45) is 0 Å². The normalized spacial score (nSPS) is 11.4. The van der Waals surface area contributed by atoms with Crippen LogP contribution in [0.3, 0.4) is 0 Å². The number of para-hydroxylation sites is 2. The number of nitrogen functional groups attached to an aromatic ring is 1. The number of nitrogens with two attached hydrogens (primary N) is 1. The van der Waals surface area contributed by atoms with Crippen molar-refractivity contribution < 1.29 is 4.39 Å². The quantitative estimate of drug-likeness (QED) is 0.781. The summed E-state index contributed by atoms with van der Waals surface area (Å²) in [5, 5.41) is 3.12. The molecule has 0 saturated heterocycles. The molecule has 0 saturated carbocycles. The molecule has 0 heterocycles. The fraction of sp³-hybridized carbons (Fsp3) is 0.250. The molecule has 0 fully saturated rings. The Morgan fingerprint density at radius 1 is 1.00 bits per heavy atom. The van der Waals surface area contributed by atoms with E-state index in [2.05, 4.69) is 26.1 Å². The minimum absolute atomic E-state index is 0.0242. The van der Waals surface area contributed by atoms with Gasteiger partial charge in [0.15, 0.2) is 0 Å². The first-order valence-corrected chi connectivity index (χ1v) is 6.30. The monoisotopic (exact) mass is 258 g/mol. The van der Waals surface area contributed by atoms with Crippen molar-refractivity contribution in [1.82, 2.24) is 0 Å². The molecular weight excluding hydrogens is 239 g/mol. The summed E-state index contributed by atoms with van der Waals surface area (Å²) in [6.45, 7) is 6.37. The lowest BCUT2D eigenvalue weighted by molar-refractivity contribution is 0.592. The van der Waals surface area contributed by atoms with Gasteiger partial charge in [0.05, 0.1) is 11.4 Å². The number of anilines is 3. The van der Waals surface area contributed by atoms with E-state index in [0.29, 0.717) is 11.4 Å². The molecule has 2 rings (SSSR count). The van der Waals surface area contributed by atoms with Crippen LogP contribution >= 0.6 is 0 Å². The van der Waals surface area contributed by atoms with Crippen LogP contribution in [-0.4, -0.2) is 0 Å². The molecule has 0 unspecified atom stereocenters. The summed E-state index contributed by atoms with van der Waals surface area (Å²) in [6.07, 6.45) is 0. The molecule has 19 heavy (non-hydrogen) atoms. The van der Waals surface area contributed by atoms with Crippen LogP contribution < -0.4 is 11.1 Å². The number of rotatable bonds is 2. The van der Waals surface area contributed by atoms with Gasteiger partial charge >= 0.3 is 0 Å². The number of halogens is 1. The van der Waals surface area contributed by atoms with Crippen molar-refractivity contribution in [1.29, 1.82) is 0 Å². The Labute approximate surface area is 113 Å². The fourth-order valence-electron chi connectivity index (χ4n) is 2.05. The molecule has 0 amide bonds. The van der Waals surface area contributed by atoms with Crippen molar-refractivity contribution >= 4 is 17.1 Å². The highest BCUT2D eigenvalue weighted by molar-refractivity contribution is 5.74. The predicted molar refractivity (Wildman–Crippen MR) is 79.2 cm³/mol. The Hall–Kier alpha value is -2.03. The van der Waals surface area contributed by atoms with E-state index in [0.717, 1.165) is 11.3 Å². The molecule has 0 radical (unpaired) electrons. The largest absolute Gasteiger partial charge is 0.397 e. The van der Waals surface area contributed by atoms with E-state index < -0.39 is 0 Å². The van der Waals surface area contributed by atoms with Crippen LogP contribution in [0.5, 0.6) is 0 Å². The van der Waals surface area contributed by atoms with Gasteiger partial charge < -0.3 is 11.1 Å². The molecular formula is C16H19FN2. The van der Waals surface area contributed by atoms with Gasteiger partial charge in [0.25, 0.3) is 0 Å². The van der Waals surface area contributed by atoms with Gasteiger partial charge in [-0.1, -0.05) is 45.0 Å². The maximum Gasteiger partial charge on any atom is 0.148 e. The van der Waals surface area contributed by atoms with Gasteiger partial charge in [-0.3, -0.25) is 0 Å². The topological polar surface area (TPSA) is 38.0 Å². The van der Waals surface area contributed by atoms with Crippen molar-refractivity contribution in [3.05, 3.63) is 53.8 Å². The Morgan fingerprint density at radius 3 is 2.32 bits per heavy atom. The molecule has 2 nitrogen and oxygen atoms in total. The number of hydrogen-bond donors (Lipinski definition) is 2. The fourth-order valence-corrected chi connectivity index (χ4v) is 2.05. The standard InChI is InChI=1S/C16H19FN2/c1-16(2,3)11-7-4-5-10-14(11)19-15-12(17)8-6-9-13(15)18/h4-10,19H,18H2,1-3H3. The third-order valence-electron chi connectivity index (χ3n) is 3.04. The van der Waals surface area contributed by atoms with Gasteiger partial charge in [0.1, 0.15) is 5.82 Å². The molecule has 3 heteroatoms. The Balaban J connectivity index is 2.45. The summed E-state index contributed by atoms with van der Waals surface area (Å²) in [4.78, 5) is 0. The molecule has 100 valence electrons. The third kappa shape index (κ3) is 2.87. The maximum atomic E-state index is 13.8. The van der Waals surface area contributed by atoms with Crippen LogP contribution in [0.1, 0.15) is 26.3 Å². The third-order valence-corrected chi connectivity index (χ3v) is 3.04. The van der Waals surface area contributed by atoms with Gasteiger partial charge in [-0.25, -0.2) is 4.39 Å². The average Bonchev–Trinajstić information content (AvgIpc) is 2.33. The highest BCUT2D eigenvalue weighted by Crippen LogP contribution is 2.33. The molecule has 0 atom stereocenters. The first kappa shape index (κ1) is 13.4. The molecule has 2 aromatic rings. The molecule has 0 aliphatic rings. The zero-order valence-corrected chi connectivity index (χ0v) is 11.5. The second-order valence-corrected chi connectivity index (χ2v) is 5.62.